The summed E-state index contributed by atoms with van der Waals surface area (Å²) in [5, 5.41) is 10.3. The Bertz CT molecular complexity index is 695. The molecule has 0 amide bonds. The molecule has 5 nitrogen and oxygen atoms in total. The van der Waals surface area contributed by atoms with Crippen molar-refractivity contribution >= 4 is 11.5 Å². The van der Waals surface area contributed by atoms with Gasteiger partial charge in [0.2, 0.25) is 0 Å². The molecule has 1 N–H and O–H groups in total. The lowest BCUT2D eigenvalue weighted by atomic mass is 10.1. The van der Waals surface area contributed by atoms with Crippen LogP contribution in [0, 0.1) is 0 Å². The van der Waals surface area contributed by atoms with Crippen LogP contribution in [0.25, 0.3) is 0 Å². The monoisotopic (exact) mass is 354 g/mol. The summed E-state index contributed by atoms with van der Waals surface area (Å²) < 4.78 is 5.64. The average Bonchev–Trinajstić information content (AvgIpc) is 2.68. The topological polar surface area (TPSA) is 53.0 Å². The number of carbonyl (C=O) groups excluding carboxylic acids is 1. The fourth-order valence-corrected chi connectivity index (χ4v) is 3.16. The van der Waals surface area contributed by atoms with Crippen LogP contribution in [-0.4, -0.2) is 61.2 Å². The number of carbonyl (C=O) groups is 1. The summed E-state index contributed by atoms with van der Waals surface area (Å²) in [5.74, 6) is 0.703. The molecule has 26 heavy (non-hydrogen) atoms. The molecule has 0 spiro atoms. The molecule has 0 aliphatic carbocycles. The van der Waals surface area contributed by atoms with Gasteiger partial charge in [0.05, 0.1) is 0 Å². The summed E-state index contributed by atoms with van der Waals surface area (Å²) in [5.41, 5.74) is 1.92. The first kappa shape index (κ1) is 18.4. The molecule has 2 aromatic rings. The van der Waals surface area contributed by atoms with E-state index in [0.717, 1.165) is 26.2 Å². The number of benzene rings is 2. The Morgan fingerprint density at radius 3 is 2.31 bits per heavy atom. The van der Waals surface area contributed by atoms with E-state index in [0.29, 0.717) is 17.9 Å². The van der Waals surface area contributed by atoms with Crippen molar-refractivity contribution in [2.75, 3.05) is 44.2 Å². The molecule has 1 heterocycles. The molecule has 3 rings (SSSR count). The molecule has 0 unspecified atom stereocenters. The molecular weight excluding hydrogens is 328 g/mol. The Morgan fingerprint density at radius 1 is 1.04 bits per heavy atom. The zero-order valence-corrected chi connectivity index (χ0v) is 15.2. The van der Waals surface area contributed by atoms with E-state index in [1.807, 2.05) is 6.07 Å². The number of hydrogen-bond donors (Lipinski definition) is 1. The van der Waals surface area contributed by atoms with Gasteiger partial charge in [-0.1, -0.05) is 18.2 Å². The van der Waals surface area contributed by atoms with Gasteiger partial charge in [0.25, 0.3) is 0 Å². The summed E-state index contributed by atoms with van der Waals surface area (Å²) in [6.45, 7) is 6.18. The Labute approximate surface area is 154 Å². The van der Waals surface area contributed by atoms with E-state index in [1.165, 1.54) is 12.6 Å². The predicted molar refractivity (Wildman–Crippen MR) is 103 cm³/mol. The number of para-hydroxylation sites is 1. The third kappa shape index (κ3) is 5.07. The van der Waals surface area contributed by atoms with Crippen LogP contribution in [0.4, 0.5) is 5.69 Å². The van der Waals surface area contributed by atoms with Crippen LogP contribution >= 0.6 is 0 Å². The van der Waals surface area contributed by atoms with Crippen LogP contribution < -0.4 is 9.64 Å². The van der Waals surface area contributed by atoms with Crippen LogP contribution in [0.15, 0.2) is 54.6 Å². The fourth-order valence-electron chi connectivity index (χ4n) is 3.16. The maximum atomic E-state index is 11.3. The van der Waals surface area contributed by atoms with Gasteiger partial charge in [-0.2, -0.15) is 0 Å². The second-order valence-corrected chi connectivity index (χ2v) is 6.67. The number of Topliss-reactive ketones (excluding diaryl/α,β-unsaturated/α-hetero) is 1. The van der Waals surface area contributed by atoms with Crippen molar-refractivity contribution in [2.45, 2.75) is 13.0 Å². The van der Waals surface area contributed by atoms with Crippen LogP contribution in [0.5, 0.6) is 5.75 Å². The average molecular weight is 354 g/mol. The smallest absolute Gasteiger partial charge is 0.159 e. The maximum absolute atomic E-state index is 11.3. The zero-order chi connectivity index (χ0) is 18.4. The van der Waals surface area contributed by atoms with Gasteiger partial charge in [-0.3, -0.25) is 9.69 Å². The largest absolute Gasteiger partial charge is 0.491 e. The molecule has 0 saturated carbocycles. The molecule has 0 radical (unpaired) electrons. The molecule has 138 valence electrons. The van der Waals surface area contributed by atoms with Crippen molar-refractivity contribution in [3.05, 3.63) is 60.2 Å². The van der Waals surface area contributed by atoms with E-state index in [4.69, 9.17) is 4.74 Å². The number of β-amino-alcohol motifs (C(OH)–C–C–N with tert-alkyl or cyclic N) is 1. The van der Waals surface area contributed by atoms with Crippen LogP contribution in [0.1, 0.15) is 17.3 Å². The summed E-state index contributed by atoms with van der Waals surface area (Å²) >= 11 is 0. The van der Waals surface area contributed by atoms with Crippen molar-refractivity contribution in [1.29, 1.82) is 0 Å². The van der Waals surface area contributed by atoms with Crippen LogP contribution in [0.2, 0.25) is 0 Å². The van der Waals surface area contributed by atoms with E-state index in [9.17, 15) is 9.90 Å². The lowest BCUT2D eigenvalue weighted by Gasteiger charge is -2.36. The van der Waals surface area contributed by atoms with Crippen molar-refractivity contribution in [2.24, 2.45) is 0 Å². The number of ether oxygens (including phenoxy) is 1. The summed E-state index contributed by atoms with van der Waals surface area (Å²) in [4.78, 5) is 15.9. The van der Waals surface area contributed by atoms with Crippen molar-refractivity contribution in [3.8, 4) is 5.75 Å². The molecule has 1 atom stereocenters. The maximum Gasteiger partial charge on any atom is 0.159 e. The first-order valence-electron chi connectivity index (χ1n) is 9.06. The predicted octanol–water partition coefficient (Wildman–Crippen LogP) is 2.45. The van der Waals surface area contributed by atoms with Gasteiger partial charge in [-0.15, -0.1) is 0 Å². The number of aliphatic hydroxyl groups excluding tert-OH is 1. The molecule has 0 bridgehead atoms. The van der Waals surface area contributed by atoms with E-state index in [-0.39, 0.29) is 12.4 Å². The highest BCUT2D eigenvalue weighted by Crippen LogP contribution is 2.16. The standard InChI is InChI=1S/C21H26N2O3/c1-17(24)18-7-9-21(10-8-18)26-16-20(25)15-22-11-13-23(14-12-22)19-5-3-2-4-6-19/h2-10,20,25H,11-16H2,1H3/t20-/m1/s1. The van der Waals surface area contributed by atoms with Gasteiger partial charge in [0.15, 0.2) is 5.78 Å². The van der Waals surface area contributed by atoms with Gasteiger partial charge in [0, 0.05) is 44.0 Å². The molecule has 1 saturated heterocycles. The Kier molecular flexibility index (Phi) is 6.26. The number of anilines is 1. The minimum Gasteiger partial charge on any atom is -0.491 e. The SMILES string of the molecule is CC(=O)c1ccc(OC[C@H](O)CN2CCN(c3ccccc3)CC2)cc1. The molecule has 2 aromatic carbocycles. The highest BCUT2D eigenvalue weighted by molar-refractivity contribution is 5.94. The number of piperazine rings is 1. The number of nitrogens with zero attached hydrogens (tertiary/aromatic N) is 2. The molecule has 0 aromatic heterocycles. The van der Waals surface area contributed by atoms with Crippen LogP contribution in [-0.2, 0) is 0 Å². The highest BCUT2D eigenvalue weighted by atomic mass is 16.5. The summed E-state index contributed by atoms with van der Waals surface area (Å²) in [7, 11) is 0. The Morgan fingerprint density at radius 2 is 1.69 bits per heavy atom. The first-order chi connectivity index (χ1) is 12.6. The third-order valence-corrected chi connectivity index (χ3v) is 4.67. The van der Waals surface area contributed by atoms with Gasteiger partial charge in [-0.05, 0) is 43.3 Å². The Balaban J connectivity index is 1.40. The van der Waals surface area contributed by atoms with E-state index in [1.54, 1.807) is 24.3 Å². The highest BCUT2D eigenvalue weighted by Gasteiger charge is 2.19. The second kappa shape index (κ2) is 8.83. The van der Waals surface area contributed by atoms with Crippen LogP contribution in [0.3, 0.4) is 0 Å². The zero-order valence-electron chi connectivity index (χ0n) is 15.2. The minimum atomic E-state index is -0.536. The molecule has 1 aliphatic rings. The quantitative estimate of drug-likeness (QED) is 0.774. The number of ketones is 1. The number of rotatable bonds is 7. The number of hydrogen-bond acceptors (Lipinski definition) is 5. The van der Waals surface area contributed by atoms with E-state index in [2.05, 4.69) is 34.1 Å². The lowest BCUT2D eigenvalue weighted by Crippen LogP contribution is -2.49. The van der Waals surface area contributed by atoms with E-state index < -0.39 is 6.10 Å². The van der Waals surface area contributed by atoms with Crippen molar-refractivity contribution in [1.82, 2.24) is 4.90 Å². The summed E-state index contributed by atoms with van der Waals surface area (Å²) in [6, 6.07) is 17.4. The van der Waals surface area contributed by atoms with Gasteiger partial charge < -0.3 is 14.7 Å². The number of aliphatic hydroxyl groups is 1. The lowest BCUT2D eigenvalue weighted by molar-refractivity contribution is 0.0663. The third-order valence-electron chi connectivity index (χ3n) is 4.67. The second-order valence-electron chi connectivity index (χ2n) is 6.67. The van der Waals surface area contributed by atoms with Gasteiger partial charge in [0.1, 0.15) is 18.5 Å². The normalized spacial score (nSPS) is 16.3. The van der Waals surface area contributed by atoms with Gasteiger partial charge in [-0.25, -0.2) is 0 Å². The van der Waals surface area contributed by atoms with Gasteiger partial charge >= 0.3 is 0 Å². The molecule has 1 aliphatic heterocycles. The summed E-state index contributed by atoms with van der Waals surface area (Å²) in [6.07, 6.45) is -0.536. The van der Waals surface area contributed by atoms with E-state index >= 15 is 0 Å². The van der Waals surface area contributed by atoms with Crippen molar-refractivity contribution < 1.29 is 14.6 Å². The molecule has 1 fully saturated rings. The first-order valence-corrected chi connectivity index (χ1v) is 9.06. The minimum absolute atomic E-state index is 0.0335. The molecular formula is C21H26N2O3. The molecule has 5 heteroatoms. The Hall–Kier alpha value is -2.37. The van der Waals surface area contributed by atoms with Crippen molar-refractivity contribution in [3.63, 3.8) is 0 Å². The fraction of sp³-hybridized carbons (Fsp3) is 0.381.